The van der Waals surface area contributed by atoms with Gasteiger partial charge in [0.1, 0.15) is 0 Å². The number of ether oxygens (including phenoxy) is 1. The van der Waals surface area contributed by atoms with E-state index >= 15 is 0 Å². The molecule has 0 aliphatic carbocycles. The van der Waals surface area contributed by atoms with Crippen LogP contribution >= 0.6 is 11.3 Å². The van der Waals surface area contributed by atoms with Gasteiger partial charge in [0.05, 0.1) is 23.4 Å². The minimum Gasteiger partial charge on any atom is -0.374 e. The third-order valence-corrected chi connectivity index (χ3v) is 4.52. The van der Waals surface area contributed by atoms with E-state index in [4.69, 9.17) is 4.74 Å². The Balaban J connectivity index is 1.54. The molecule has 1 atom stereocenters. The van der Waals surface area contributed by atoms with Crippen molar-refractivity contribution in [3.05, 3.63) is 34.4 Å². The third kappa shape index (κ3) is 4.00. The predicted molar refractivity (Wildman–Crippen MR) is 87.2 cm³/mol. The Labute approximate surface area is 134 Å². The van der Waals surface area contributed by atoms with Gasteiger partial charge in [0.25, 0.3) is 0 Å². The largest absolute Gasteiger partial charge is 0.374 e. The fraction of sp³-hybridized carbons (Fsp3) is 0.533. The van der Waals surface area contributed by atoms with Gasteiger partial charge in [0, 0.05) is 44.8 Å². The van der Waals surface area contributed by atoms with E-state index in [1.54, 1.807) is 17.5 Å². The smallest absolute Gasteiger partial charge is 0.151 e. The molecule has 22 heavy (non-hydrogen) atoms. The molecule has 0 saturated carbocycles. The summed E-state index contributed by atoms with van der Waals surface area (Å²) in [5.74, 6) is 0.873. The molecule has 1 aliphatic heterocycles. The van der Waals surface area contributed by atoms with Gasteiger partial charge in [-0.15, -0.1) is 16.4 Å². The summed E-state index contributed by atoms with van der Waals surface area (Å²) in [6.45, 7) is 6.40. The van der Waals surface area contributed by atoms with E-state index < -0.39 is 0 Å². The van der Waals surface area contributed by atoms with Crippen molar-refractivity contribution in [2.24, 2.45) is 0 Å². The molecular formula is C15H21N5OS. The van der Waals surface area contributed by atoms with E-state index in [0.717, 1.165) is 49.3 Å². The van der Waals surface area contributed by atoms with Crippen molar-refractivity contribution in [2.75, 3.05) is 38.2 Å². The fourth-order valence-electron chi connectivity index (χ4n) is 2.64. The number of nitrogens with zero attached hydrogens (tertiary/aromatic N) is 5. The summed E-state index contributed by atoms with van der Waals surface area (Å²) in [6.07, 6.45) is 1.87. The van der Waals surface area contributed by atoms with Gasteiger partial charge in [-0.1, -0.05) is 0 Å². The first-order valence-corrected chi connectivity index (χ1v) is 8.32. The molecule has 2 aromatic rings. The Kier molecular flexibility index (Phi) is 4.97. The van der Waals surface area contributed by atoms with E-state index in [1.165, 1.54) is 0 Å². The molecule has 3 heterocycles. The molecule has 6 nitrogen and oxygen atoms in total. The van der Waals surface area contributed by atoms with Crippen LogP contribution in [0.25, 0.3) is 0 Å². The van der Waals surface area contributed by atoms with Crippen molar-refractivity contribution in [1.82, 2.24) is 20.1 Å². The highest BCUT2D eigenvalue weighted by Crippen LogP contribution is 2.15. The summed E-state index contributed by atoms with van der Waals surface area (Å²) in [6, 6.07) is 3.86. The first-order valence-electron chi connectivity index (χ1n) is 7.44. The lowest BCUT2D eigenvalue weighted by molar-refractivity contribution is -0.0268. The summed E-state index contributed by atoms with van der Waals surface area (Å²) < 4.78 is 5.89. The molecular weight excluding hydrogens is 298 g/mol. The third-order valence-electron chi connectivity index (χ3n) is 3.70. The van der Waals surface area contributed by atoms with Crippen LogP contribution in [0.4, 0.5) is 5.82 Å². The lowest BCUT2D eigenvalue weighted by Crippen LogP contribution is -2.46. The summed E-state index contributed by atoms with van der Waals surface area (Å²) in [7, 11) is 2.02. The van der Waals surface area contributed by atoms with Crippen LogP contribution in [0.1, 0.15) is 10.7 Å². The molecule has 3 rings (SSSR count). The maximum Gasteiger partial charge on any atom is 0.151 e. The molecule has 0 radical (unpaired) electrons. The maximum atomic E-state index is 5.89. The summed E-state index contributed by atoms with van der Waals surface area (Å²) in [5, 5.41) is 11.3. The minimum atomic E-state index is 0.181. The van der Waals surface area contributed by atoms with Crippen LogP contribution in [0.3, 0.4) is 0 Å². The zero-order valence-electron chi connectivity index (χ0n) is 13.0. The van der Waals surface area contributed by atoms with Crippen molar-refractivity contribution >= 4 is 17.2 Å². The molecule has 118 valence electrons. The Bertz CT molecular complexity index is 591. The van der Waals surface area contributed by atoms with E-state index in [9.17, 15) is 0 Å². The zero-order chi connectivity index (χ0) is 15.4. The van der Waals surface area contributed by atoms with Crippen LogP contribution in [0.15, 0.2) is 23.7 Å². The van der Waals surface area contributed by atoms with E-state index in [2.05, 4.69) is 30.4 Å². The van der Waals surface area contributed by atoms with Crippen LogP contribution in [0.5, 0.6) is 0 Å². The van der Waals surface area contributed by atoms with Crippen LogP contribution in [-0.4, -0.2) is 59.5 Å². The number of aromatic nitrogens is 3. The lowest BCUT2D eigenvalue weighted by Gasteiger charge is -2.34. The topological polar surface area (TPSA) is 54.4 Å². The Hall–Kier alpha value is -1.57. The summed E-state index contributed by atoms with van der Waals surface area (Å²) >= 11 is 1.71. The Morgan fingerprint density at radius 1 is 1.50 bits per heavy atom. The second kappa shape index (κ2) is 7.13. The van der Waals surface area contributed by atoms with Crippen LogP contribution in [-0.2, 0) is 11.3 Å². The second-order valence-electron chi connectivity index (χ2n) is 5.55. The molecule has 2 aromatic heterocycles. The number of hydrogen-bond acceptors (Lipinski definition) is 7. The minimum absolute atomic E-state index is 0.181. The average molecular weight is 319 g/mol. The Morgan fingerprint density at radius 3 is 3.14 bits per heavy atom. The molecule has 7 heteroatoms. The molecule has 1 saturated heterocycles. The average Bonchev–Trinajstić information content (AvgIpc) is 2.93. The molecule has 0 bridgehead atoms. The van der Waals surface area contributed by atoms with Crippen molar-refractivity contribution in [2.45, 2.75) is 19.6 Å². The molecule has 0 unspecified atom stereocenters. The van der Waals surface area contributed by atoms with Gasteiger partial charge in [-0.05, 0) is 19.1 Å². The monoisotopic (exact) mass is 319 g/mol. The lowest BCUT2D eigenvalue weighted by atomic mass is 10.2. The van der Waals surface area contributed by atoms with Gasteiger partial charge in [-0.25, -0.2) is 4.98 Å². The molecule has 1 fully saturated rings. The Morgan fingerprint density at radius 2 is 2.41 bits per heavy atom. The molecule has 0 N–H and O–H groups in total. The summed E-state index contributed by atoms with van der Waals surface area (Å²) in [4.78, 5) is 9.05. The first kappa shape index (κ1) is 15.3. The van der Waals surface area contributed by atoms with E-state index in [1.807, 2.05) is 26.1 Å². The molecule has 1 aliphatic rings. The second-order valence-corrected chi connectivity index (χ2v) is 6.61. The van der Waals surface area contributed by atoms with Gasteiger partial charge < -0.3 is 9.64 Å². The molecule has 0 spiro atoms. The van der Waals surface area contributed by atoms with Gasteiger partial charge in [-0.3, -0.25) is 4.90 Å². The first-order chi connectivity index (χ1) is 10.7. The molecule has 0 amide bonds. The summed E-state index contributed by atoms with van der Waals surface area (Å²) in [5.41, 5.74) is 1.16. The van der Waals surface area contributed by atoms with E-state index in [-0.39, 0.29) is 6.10 Å². The van der Waals surface area contributed by atoms with Gasteiger partial charge in [-0.2, -0.15) is 5.10 Å². The molecule has 0 aromatic carbocycles. The highest BCUT2D eigenvalue weighted by atomic mass is 32.1. The van der Waals surface area contributed by atoms with Crippen molar-refractivity contribution < 1.29 is 4.74 Å². The number of morpholine rings is 1. The number of hydrogen-bond donors (Lipinski definition) is 0. The van der Waals surface area contributed by atoms with Gasteiger partial charge >= 0.3 is 0 Å². The standard InChI is InChI=1S/C15H21N5OS/c1-12-17-13(11-22-12)8-20-6-7-21-14(10-20)9-19(2)15-4-3-5-16-18-15/h3-5,11,14H,6-10H2,1-2H3/t14-/m1/s1. The van der Waals surface area contributed by atoms with Crippen LogP contribution in [0.2, 0.25) is 0 Å². The highest BCUT2D eigenvalue weighted by Gasteiger charge is 2.22. The van der Waals surface area contributed by atoms with Gasteiger partial charge in [0.15, 0.2) is 5.82 Å². The van der Waals surface area contributed by atoms with Crippen LogP contribution < -0.4 is 4.90 Å². The highest BCUT2D eigenvalue weighted by molar-refractivity contribution is 7.09. The number of rotatable bonds is 5. The number of anilines is 1. The zero-order valence-corrected chi connectivity index (χ0v) is 13.8. The normalized spacial score (nSPS) is 19.3. The fourth-order valence-corrected chi connectivity index (χ4v) is 3.24. The van der Waals surface area contributed by atoms with Crippen LogP contribution in [0, 0.1) is 6.92 Å². The van der Waals surface area contributed by atoms with Crippen molar-refractivity contribution in [1.29, 1.82) is 0 Å². The van der Waals surface area contributed by atoms with E-state index in [0.29, 0.717) is 0 Å². The maximum absolute atomic E-state index is 5.89. The number of thiazole rings is 1. The van der Waals surface area contributed by atoms with Gasteiger partial charge in [0.2, 0.25) is 0 Å². The van der Waals surface area contributed by atoms with Crippen molar-refractivity contribution in [3.63, 3.8) is 0 Å². The van der Waals surface area contributed by atoms with Crippen molar-refractivity contribution in [3.8, 4) is 0 Å². The number of likely N-dealkylation sites (N-methyl/N-ethyl adjacent to an activating group) is 1. The predicted octanol–water partition coefficient (Wildman–Crippen LogP) is 1.58. The SMILES string of the molecule is Cc1nc(CN2CCO[C@H](CN(C)c3cccnn3)C2)cs1. The number of aryl methyl sites for hydroxylation is 1. The quantitative estimate of drug-likeness (QED) is 0.834.